The molecule has 3 aromatic carbocycles. The fourth-order valence-corrected chi connectivity index (χ4v) is 6.05. The average molecular weight is 605 g/mol. The zero-order valence-electron chi connectivity index (χ0n) is 25.1. The Hall–Kier alpha value is -4.60. The van der Waals surface area contributed by atoms with E-state index < -0.39 is 36.5 Å². The van der Waals surface area contributed by atoms with Crippen LogP contribution in [0.5, 0.6) is 5.75 Å². The van der Waals surface area contributed by atoms with Gasteiger partial charge in [0.1, 0.15) is 11.7 Å². The van der Waals surface area contributed by atoms with Crippen LogP contribution in [-0.2, 0) is 9.59 Å². The Morgan fingerprint density at radius 1 is 0.977 bits per heavy atom. The maximum absolute atomic E-state index is 14.6. The van der Waals surface area contributed by atoms with Crippen molar-refractivity contribution in [2.24, 2.45) is 5.92 Å². The number of aryl methyl sites for hydroxylation is 2. The van der Waals surface area contributed by atoms with Crippen LogP contribution in [0, 0.1) is 26.7 Å². The van der Waals surface area contributed by atoms with Gasteiger partial charge in [-0.05, 0) is 69.2 Å². The minimum absolute atomic E-state index is 0.0356. The molecule has 5 rings (SSSR count). The Labute approximate surface area is 254 Å². The zero-order chi connectivity index (χ0) is 31.6. The van der Waals surface area contributed by atoms with E-state index >= 15 is 0 Å². The summed E-state index contributed by atoms with van der Waals surface area (Å²) in [4.78, 5) is 28.8. The van der Waals surface area contributed by atoms with E-state index in [-0.39, 0.29) is 30.0 Å². The van der Waals surface area contributed by atoms with Crippen molar-refractivity contribution in [3.05, 3.63) is 107 Å². The second-order valence-electron chi connectivity index (χ2n) is 11.1. The lowest BCUT2D eigenvalue weighted by atomic mass is 9.83. The first-order valence-electron chi connectivity index (χ1n) is 14.5. The van der Waals surface area contributed by atoms with Crippen LogP contribution in [0.25, 0.3) is 5.69 Å². The third-order valence-corrected chi connectivity index (χ3v) is 8.28. The van der Waals surface area contributed by atoms with Crippen molar-refractivity contribution in [2.75, 3.05) is 18.6 Å². The van der Waals surface area contributed by atoms with E-state index in [4.69, 9.17) is 4.74 Å². The van der Waals surface area contributed by atoms with Gasteiger partial charge in [-0.25, -0.2) is 4.68 Å². The summed E-state index contributed by atoms with van der Waals surface area (Å²) >= 11 is 0. The monoisotopic (exact) mass is 604 g/mol. The largest absolute Gasteiger partial charge is 0.497 e. The van der Waals surface area contributed by atoms with Crippen molar-refractivity contribution < 1.29 is 27.5 Å². The second kappa shape index (κ2) is 12.6. The fraction of sp³-hybridized carbons (Fsp3) is 0.324. The molecule has 1 aromatic heterocycles. The predicted molar refractivity (Wildman–Crippen MR) is 162 cm³/mol. The molecule has 1 N–H and O–H groups in total. The van der Waals surface area contributed by atoms with Gasteiger partial charge in [0, 0.05) is 29.9 Å². The standard InChI is InChI=1S/C34H35F3N4O3/c1-21-10-14-25(15-11-21)40-30(42)19-18-28(32(40)24-12-16-27(44-4)17-13-24)33(43)38-20-29(34(35,36)37)31-22(2)39-41(23(31)3)26-8-6-5-7-9-26/h5-17,28-29,32H,18-20H2,1-4H3,(H,38,43). The van der Waals surface area contributed by atoms with Crippen LogP contribution in [0.15, 0.2) is 78.9 Å². The van der Waals surface area contributed by atoms with Crippen LogP contribution in [0.3, 0.4) is 0 Å². The number of hydrogen-bond acceptors (Lipinski definition) is 4. The second-order valence-corrected chi connectivity index (χ2v) is 11.1. The summed E-state index contributed by atoms with van der Waals surface area (Å²) < 4.78 is 50.6. The van der Waals surface area contributed by atoms with Crippen molar-refractivity contribution in [3.63, 3.8) is 0 Å². The van der Waals surface area contributed by atoms with Gasteiger partial charge >= 0.3 is 6.18 Å². The molecular formula is C34H35F3N4O3. The molecule has 1 fully saturated rings. The summed E-state index contributed by atoms with van der Waals surface area (Å²) in [7, 11) is 1.54. The van der Waals surface area contributed by atoms with Gasteiger partial charge in [-0.1, -0.05) is 48.0 Å². The van der Waals surface area contributed by atoms with Gasteiger partial charge in [-0.3, -0.25) is 9.59 Å². The van der Waals surface area contributed by atoms with Gasteiger partial charge < -0.3 is 15.0 Å². The van der Waals surface area contributed by atoms with Crippen molar-refractivity contribution in [1.29, 1.82) is 0 Å². The molecule has 230 valence electrons. The maximum Gasteiger partial charge on any atom is 0.397 e. The molecule has 2 heterocycles. The Kier molecular flexibility index (Phi) is 8.80. The normalized spacial score (nSPS) is 17.8. The summed E-state index contributed by atoms with van der Waals surface area (Å²) in [5.74, 6) is -2.86. The van der Waals surface area contributed by atoms with Crippen LogP contribution < -0.4 is 15.0 Å². The summed E-state index contributed by atoms with van der Waals surface area (Å²) in [6, 6.07) is 22.7. The third kappa shape index (κ3) is 6.20. The highest BCUT2D eigenvalue weighted by Crippen LogP contribution is 2.42. The first-order valence-corrected chi connectivity index (χ1v) is 14.5. The summed E-state index contributed by atoms with van der Waals surface area (Å²) in [5, 5.41) is 7.03. The van der Waals surface area contributed by atoms with E-state index in [0.29, 0.717) is 28.4 Å². The molecule has 4 aromatic rings. The quantitative estimate of drug-likeness (QED) is 0.241. The van der Waals surface area contributed by atoms with Crippen LogP contribution in [0.2, 0.25) is 0 Å². The number of ether oxygens (including phenoxy) is 1. The number of nitrogens with zero attached hydrogens (tertiary/aromatic N) is 3. The fourth-order valence-electron chi connectivity index (χ4n) is 6.05. The molecule has 1 saturated heterocycles. The number of alkyl halides is 3. The molecule has 2 amide bonds. The van der Waals surface area contributed by atoms with Crippen molar-refractivity contribution in [2.45, 2.75) is 51.7 Å². The minimum Gasteiger partial charge on any atom is -0.497 e. The number of piperidine rings is 1. The van der Waals surface area contributed by atoms with Crippen molar-refractivity contribution in [3.8, 4) is 11.4 Å². The van der Waals surface area contributed by atoms with Gasteiger partial charge in [0.05, 0.1) is 30.5 Å². The number of amides is 2. The van der Waals surface area contributed by atoms with Crippen LogP contribution >= 0.6 is 0 Å². The number of benzene rings is 3. The minimum atomic E-state index is -4.64. The van der Waals surface area contributed by atoms with Gasteiger partial charge in [-0.2, -0.15) is 18.3 Å². The number of carbonyl (C=O) groups is 2. The molecule has 0 saturated carbocycles. The topological polar surface area (TPSA) is 76.5 Å². The molecule has 44 heavy (non-hydrogen) atoms. The predicted octanol–water partition coefficient (Wildman–Crippen LogP) is 6.75. The van der Waals surface area contributed by atoms with Crippen LogP contribution in [0.1, 0.15) is 52.9 Å². The van der Waals surface area contributed by atoms with E-state index in [1.165, 1.54) is 11.8 Å². The maximum atomic E-state index is 14.6. The first-order chi connectivity index (χ1) is 21.0. The Bertz CT molecular complexity index is 1620. The van der Waals surface area contributed by atoms with Gasteiger partial charge in [0.15, 0.2) is 0 Å². The molecule has 0 radical (unpaired) electrons. The average Bonchev–Trinajstić information content (AvgIpc) is 3.30. The van der Waals surface area contributed by atoms with E-state index in [0.717, 1.165) is 5.56 Å². The lowest BCUT2D eigenvalue weighted by Gasteiger charge is -2.41. The van der Waals surface area contributed by atoms with E-state index in [1.807, 2.05) is 37.3 Å². The van der Waals surface area contributed by atoms with E-state index in [2.05, 4.69) is 10.4 Å². The molecule has 0 spiro atoms. The molecule has 1 aliphatic rings. The third-order valence-electron chi connectivity index (χ3n) is 8.28. The van der Waals surface area contributed by atoms with Crippen LogP contribution in [0.4, 0.5) is 18.9 Å². The lowest BCUT2D eigenvalue weighted by Crippen LogP contribution is -2.49. The number of methoxy groups -OCH3 is 1. The number of anilines is 1. The Balaban J connectivity index is 1.47. The SMILES string of the molecule is COc1ccc(C2C(C(=O)NCC(c3c(C)nn(-c4ccccc4)c3C)C(F)(F)F)CCC(=O)N2c2ccc(C)cc2)cc1. The Morgan fingerprint density at radius 2 is 1.64 bits per heavy atom. The van der Waals surface area contributed by atoms with Crippen LogP contribution in [-0.4, -0.2) is 41.4 Å². The molecule has 10 heteroatoms. The number of nitrogens with one attached hydrogen (secondary N) is 1. The Morgan fingerprint density at radius 3 is 2.25 bits per heavy atom. The van der Waals surface area contributed by atoms with E-state index in [9.17, 15) is 22.8 Å². The van der Waals surface area contributed by atoms with Gasteiger partial charge in [0.2, 0.25) is 11.8 Å². The van der Waals surface area contributed by atoms with Crippen molar-refractivity contribution >= 4 is 17.5 Å². The molecule has 1 aliphatic heterocycles. The lowest BCUT2D eigenvalue weighted by molar-refractivity contribution is -0.151. The molecule has 3 unspecified atom stereocenters. The zero-order valence-corrected chi connectivity index (χ0v) is 25.1. The first kappa shape index (κ1) is 30.8. The molecule has 3 atom stereocenters. The van der Waals surface area contributed by atoms with Gasteiger partial charge in [0.25, 0.3) is 0 Å². The van der Waals surface area contributed by atoms with Crippen molar-refractivity contribution in [1.82, 2.24) is 15.1 Å². The number of para-hydroxylation sites is 1. The summed E-state index contributed by atoms with van der Waals surface area (Å²) in [6.07, 6.45) is -4.35. The smallest absolute Gasteiger partial charge is 0.397 e. The summed E-state index contributed by atoms with van der Waals surface area (Å²) in [6.45, 7) is 4.43. The number of halogens is 3. The molecule has 7 nitrogen and oxygen atoms in total. The molecule has 0 bridgehead atoms. The molecule has 0 aliphatic carbocycles. The van der Waals surface area contributed by atoms with Gasteiger partial charge in [-0.15, -0.1) is 0 Å². The number of rotatable bonds is 8. The molecular weight excluding hydrogens is 569 g/mol. The number of aromatic nitrogens is 2. The van der Waals surface area contributed by atoms with E-state index in [1.54, 1.807) is 67.3 Å². The number of hydrogen-bond donors (Lipinski definition) is 1. The summed E-state index contributed by atoms with van der Waals surface area (Å²) in [5.41, 5.74) is 3.59. The number of carbonyl (C=O) groups excluding carboxylic acids is 2. The highest BCUT2D eigenvalue weighted by molar-refractivity contribution is 5.97. The highest BCUT2D eigenvalue weighted by atomic mass is 19.4. The highest BCUT2D eigenvalue weighted by Gasteiger charge is 2.46.